The van der Waals surface area contributed by atoms with Gasteiger partial charge >= 0.3 is 12.3 Å². The molecule has 19 heavy (non-hydrogen) atoms. The molecule has 1 heterocycles. The number of alkyl halides is 4. The van der Waals surface area contributed by atoms with Gasteiger partial charge < -0.3 is 10.1 Å². The van der Waals surface area contributed by atoms with Crippen molar-refractivity contribution in [2.75, 3.05) is 6.61 Å². The summed E-state index contributed by atoms with van der Waals surface area (Å²) in [6, 6.07) is 1.79. The first-order valence-electron chi connectivity index (χ1n) is 5.78. The second-order valence-corrected chi connectivity index (χ2v) is 4.37. The molecule has 108 valence electrons. The Morgan fingerprint density at radius 1 is 1.37 bits per heavy atom. The van der Waals surface area contributed by atoms with Crippen molar-refractivity contribution in [2.45, 2.75) is 38.8 Å². The number of pyridine rings is 1. The van der Waals surface area contributed by atoms with Crippen LogP contribution in [0.3, 0.4) is 0 Å². The predicted molar refractivity (Wildman–Crippen MR) is 62.7 cm³/mol. The van der Waals surface area contributed by atoms with E-state index in [-0.39, 0.29) is 11.8 Å². The van der Waals surface area contributed by atoms with Gasteiger partial charge in [0, 0.05) is 24.3 Å². The van der Waals surface area contributed by atoms with Crippen LogP contribution in [-0.4, -0.2) is 30.0 Å². The maximum atomic E-state index is 12.8. The SMILES string of the molecule is CC(C)NCc1ccncc1OCC(F)(F)C(F)F. The fourth-order valence-corrected chi connectivity index (χ4v) is 1.24. The van der Waals surface area contributed by atoms with Gasteiger partial charge in [-0.15, -0.1) is 0 Å². The Kier molecular flexibility index (Phi) is 5.53. The van der Waals surface area contributed by atoms with Gasteiger partial charge in [-0.25, -0.2) is 8.78 Å². The molecule has 0 atom stereocenters. The molecular weight excluding hydrogens is 264 g/mol. The summed E-state index contributed by atoms with van der Waals surface area (Å²) >= 11 is 0. The average Bonchev–Trinajstić information content (AvgIpc) is 2.34. The summed E-state index contributed by atoms with van der Waals surface area (Å²) in [7, 11) is 0. The van der Waals surface area contributed by atoms with E-state index in [1.807, 2.05) is 13.8 Å². The van der Waals surface area contributed by atoms with Crippen molar-refractivity contribution < 1.29 is 22.3 Å². The van der Waals surface area contributed by atoms with Crippen molar-refractivity contribution in [3.63, 3.8) is 0 Å². The van der Waals surface area contributed by atoms with Crippen LogP contribution in [0.25, 0.3) is 0 Å². The van der Waals surface area contributed by atoms with E-state index in [4.69, 9.17) is 4.74 Å². The summed E-state index contributed by atoms with van der Waals surface area (Å²) in [4.78, 5) is 3.73. The molecule has 0 aliphatic carbocycles. The molecule has 1 N–H and O–H groups in total. The van der Waals surface area contributed by atoms with Crippen LogP contribution in [0.15, 0.2) is 18.5 Å². The minimum Gasteiger partial charge on any atom is -0.485 e. The first-order chi connectivity index (χ1) is 8.83. The van der Waals surface area contributed by atoms with Crippen LogP contribution in [0.1, 0.15) is 19.4 Å². The van der Waals surface area contributed by atoms with Crippen LogP contribution < -0.4 is 10.1 Å². The molecular formula is C12H16F4N2O. The third-order valence-corrected chi connectivity index (χ3v) is 2.31. The lowest BCUT2D eigenvalue weighted by Gasteiger charge is -2.18. The molecule has 0 radical (unpaired) electrons. The summed E-state index contributed by atoms with van der Waals surface area (Å²) in [6.07, 6.45) is -1.03. The Hall–Kier alpha value is -1.37. The summed E-state index contributed by atoms with van der Waals surface area (Å²) in [6.45, 7) is 2.86. The summed E-state index contributed by atoms with van der Waals surface area (Å²) in [5, 5.41) is 3.08. The minimum atomic E-state index is -4.17. The van der Waals surface area contributed by atoms with Gasteiger partial charge in [0.2, 0.25) is 0 Å². The zero-order valence-electron chi connectivity index (χ0n) is 10.7. The van der Waals surface area contributed by atoms with E-state index in [1.54, 1.807) is 6.07 Å². The molecule has 7 heteroatoms. The predicted octanol–water partition coefficient (Wildman–Crippen LogP) is 2.86. The monoisotopic (exact) mass is 280 g/mol. The highest BCUT2D eigenvalue weighted by atomic mass is 19.3. The van der Waals surface area contributed by atoms with Crippen molar-refractivity contribution >= 4 is 0 Å². The smallest absolute Gasteiger partial charge is 0.340 e. The van der Waals surface area contributed by atoms with Crippen LogP contribution in [0.4, 0.5) is 17.6 Å². The highest BCUT2D eigenvalue weighted by Crippen LogP contribution is 2.25. The largest absolute Gasteiger partial charge is 0.485 e. The molecule has 1 aromatic rings. The highest BCUT2D eigenvalue weighted by Gasteiger charge is 2.41. The van der Waals surface area contributed by atoms with Gasteiger partial charge in [-0.1, -0.05) is 13.8 Å². The zero-order valence-corrected chi connectivity index (χ0v) is 10.7. The lowest BCUT2D eigenvalue weighted by atomic mass is 10.2. The van der Waals surface area contributed by atoms with Gasteiger partial charge in [0.05, 0.1) is 6.20 Å². The van der Waals surface area contributed by atoms with Gasteiger partial charge in [0.25, 0.3) is 0 Å². The minimum absolute atomic E-state index is 0.0796. The molecule has 0 bridgehead atoms. The summed E-state index contributed by atoms with van der Waals surface area (Å²) in [5.74, 6) is -4.09. The Balaban J connectivity index is 2.67. The topological polar surface area (TPSA) is 34.2 Å². The molecule has 1 rings (SSSR count). The number of hydrogen-bond acceptors (Lipinski definition) is 3. The second-order valence-electron chi connectivity index (χ2n) is 4.37. The van der Waals surface area contributed by atoms with Crippen LogP contribution in [0.2, 0.25) is 0 Å². The standard InChI is InChI=1S/C12H16F4N2O/c1-8(2)18-5-9-3-4-17-6-10(9)19-7-12(15,16)11(13)14/h3-4,6,8,11,18H,5,7H2,1-2H3. The van der Waals surface area contributed by atoms with Gasteiger partial charge in [-0.2, -0.15) is 8.78 Å². The first-order valence-corrected chi connectivity index (χ1v) is 5.78. The molecule has 0 aromatic carbocycles. The van der Waals surface area contributed by atoms with Crippen molar-refractivity contribution in [3.05, 3.63) is 24.0 Å². The summed E-state index contributed by atoms with van der Waals surface area (Å²) < 4.78 is 54.3. The second kappa shape index (κ2) is 6.70. The summed E-state index contributed by atoms with van der Waals surface area (Å²) in [5.41, 5.74) is 0.591. The number of ether oxygens (including phenoxy) is 1. The van der Waals surface area contributed by atoms with Crippen molar-refractivity contribution in [2.24, 2.45) is 0 Å². The van der Waals surface area contributed by atoms with E-state index in [0.29, 0.717) is 12.1 Å². The molecule has 0 spiro atoms. The molecule has 0 unspecified atom stereocenters. The molecule has 1 aromatic heterocycles. The highest BCUT2D eigenvalue weighted by molar-refractivity contribution is 5.29. The molecule has 3 nitrogen and oxygen atoms in total. The van der Waals surface area contributed by atoms with Crippen LogP contribution >= 0.6 is 0 Å². The average molecular weight is 280 g/mol. The molecule has 0 saturated heterocycles. The number of rotatable bonds is 7. The fourth-order valence-electron chi connectivity index (χ4n) is 1.24. The van der Waals surface area contributed by atoms with E-state index in [0.717, 1.165) is 0 Å². The molecule has 0 fully saturated rings. The lowest BCUT2D eigenvalue weighted by molar-refractivity contribution is -0.148. The first kappa shape index (κ1) is 15.7. The zero-order chi connectivity index (χ0) is 14.5. The maximum Gasteiger partial charge on any atom is 0.340 e. The third-order valence-electron chi connectivity index (χ3n) is 2.31. The molecule has 0 aliphatic heterocycles. The molecule has 0 amide bonds. The van der Waals surface area contributed by atoms with Crippen LogP contribution in [0.5, 0.6) is 5.75 Å². The van der Waals surface area contributed by atoms with Gasteiger partial charge in [0.1, 0.15) is 5.75 Å². The normalized spacial score (nSPS) is 12.2. The van der Waals surface area contributed by atoms with E-state index in [1.165, 1.54) is 12.4 Å². The van der Waals surface area contributed by atoms with Crippen molar-refractivity contribution in [1.29, 1.82) is 0 Å². The Labute approximate surface area is 109 Å². The van der Waals surface area contributed by atoms with Crippen LogP contribution in [-0.2, 0) is 6.54 Å². The van der Waals surface area contributed by atoms with Gasteiger partial charge in [-0.05, 0) is 6.07 Å². The number of aromatic nitrogens is 1. The Morgan fingerprint density at radius 2 is 2.05 bits per heavy atom. The maximum absolute atomic E-state index is 12.8. The van der Waals surface area contributed by atoms with Crippen molar-refractivity contribution in [3.8, 4) is 5.75 Å². The van der Waals surface area contributed by atoms with Gasteiger partial charge in [0.15, 0.2) is 6.61 Å². The quantitative estimate of drug-likeness (QED) is 0.780. The molecule has 0 aliphatic rings. The lowest BCUT2D eigenvalue weighted by Crippen LogP contribution is -2.34. The van der Waals surface area contributed by atoms with Crippen molar-refractivity contribution in [1.82, 2.24) is 10.3 Å². The van der Waals surface area contributed by atoms with Crippen LogP contribution in [0, 0.1) is 0 Å². The number of nitrogens with one attached hydrogen (secondary N) is 1. The fraction of sp³-hybridized carbons (Fsp3) is 0.583. The molecule has 0 saturated carbocycles. The van der Waals surface area contributed by atoms with Gasteiger partial charge in [-0.3, -0.25) is 4.98 Å². The van der Waals surface area contributed by atoms with E-state index >= 15 is 0 Å². The van der Waals surface area contributed by atoms with E-state index < -0.39 is 19.0 Å². The number of halogens is 4. The number of hydrogen-bond donors (Lipinski definition) is 1. The Morgan fingerprint density at radius 3 is 2.63 bits per heavy atom. The van der Waals surface area contributed by atoms with E-state index in [9.17, 15) is 17.6 Å². The van der Waals surface area contributed by atoms with E-state index in [2.05, 4.69) is 10.3 Å². The third kappa shape index (κ3) is 5.02. The Bertz CT molecular complexity index is 399. The number of nitrogens with zero attached hydrogens (tertiary/aromatic N) is 1.